The highest BCUT2D eigenvalue weighted by Gasteiger charge is 2.54. The maximum Gasteiger partial charge on any atom is 0.117 e. The molecule has 0 unspecified atom stereocenters. The average Bonchev–Trinajstić information content (AvgIpc) is 3.46. The third kappa shape index (κ3) is 6.84. The van der Waals surface area contributed by atoms with Gasteiger partial charge in [0.1, 0.15) is 5.54 Å². The van der Waals surface area contributed by atoms with Gasteiger partial charge >= 0.3 is 0 Å². The van der Waals surface area contributed by atoms with Gasteiger partial charge in [0.2, 0.25) is 0 Å². The molecule has 288 valence electrons. The number of benzene rings is 3. The molecule has 6 aliphatic rings. The maximum absolute atomic E-state index is 4.84. The van der Waals surface area contributed by atoms with Crippen molar-refractivity contribution in [2.45, 2.75) is 160 Å². The van der Waals surface area contributed by atoms with Crippen LogP contribution < -0.4 is 9.80 Å². The fourth-order valence-corrected chi connectivity index (χ4v) is 9.97. The van der Waals surface area contributed by atoms with Gasteiger partial charge in [-0.2, -0.15) is 0 Å². The molecule has 0 radical (unpaired) electrons. The molecular weight excluding hydrogens is 631 g/mol. The van der Waals surface area contributed by atoms with Crippen molar-refractivity contribution in [1.82, 2.24) is 4.90 Å². The van der Waals surface area contributed by atoms with Crippen LogP contribution in [-0.2, 0) is 37.6 Å². The van der Waals surface area contributed by atoms with Gasteiger partial charge in [-0.25, -0.2) is 0 Å². The minimum Gasteiger partial charge on any atom is -0.371 e. The normalized spacial score (nSPS) is 17.1. The number of hydrogen-bond acceptors (Lipinski definition) is 3. The van der Waals surface area contributed by atoms with E-state index >= 15 is 0 Å². The second-order valence-corrected chi connectivity index (χ2v) is 13.6. The molecule has 3 aromatic rings. The first kappa shape index (κ1) is 43.2. The molecule has 9 rings (SSSR count). The van der Waals surface area contributed by atoms with Crippen molar-refractivity contribution in [3.8, 4) is 0 Å². The summed E-state index contributed by atoms with van der Waals surface area (Å²) >= 11 is 0. The predicted molar refractivity (Wildman–Crippen MR) is 234 cm³/mol. The van der Waals surface area contributed by atoms with Crippen LogP contribution in [0.2, 0.25) is 0 Å². The fraction of sp³-hybridized carbons (Fsp3) is 0.592. The quantitative estimate of drug-likeness (QED) is 0.268. The lowest BCUT2D eigenvalue weighted by molar-refractivity contribution is 0.256. The van der Waals surface area contributed by atoms with Gasteiger partial charge in [-0.15, -0.1) is 0 Å². The fourth-order valence-electron chi connectivity index (χ4n) is 9.97. The van der Waals surface area contributed by atoms with E-state index in [1.165, 1.54) is 107 Å². The van der Waals surface area contributed by atoms with Gasteiger partial charge in [-0.3, -0.25) is 0 Å². The van der Waals surface area contributed by atoms with Crippen molar-refractivity contribution in [2.75, 3.05) is 42.5 Å². The lowest BCUT2D eigenvalue weighted by Crippen LogP contribution is -2.48. The van der Waals surface area contributed by atoms with Crippen molar-refractivity contribution < 1.29 is 0 Å². The molecule has 52 heavy (non-hydrogen) atoms. The summed E-state index contributed by atoms with van der Waals surface area (Å²) in [6, 6.07) is 14.8. The lowest BCUT2D eigenvalue weighted by Gasteiger charge is -2.50. The second kappa shape index (κ2) is 19.8. The van der Waals surface area contributed by atoms with Crippen molar-refractivity contribution in [1.29, 1.82) is 0 Å². The number of aryl methyl sites for hydroxylation is 2. The first-order valence-corrected chi connectivity index (χ1v) is 21.6. The summed E-state index contributed by atoms with van der Waals surface area (Å²) in [6.07, 6.45) is 13.5. The van der Waals surface area contributed by atoms with Crippen molar-refractivity contribution >= 4 is 17.1 Å². The summed E-state index contributed by atoms with van der Waals surface area (Å²) in [5.74, 6) is 0. The van der Waals surface area contributed by atoms with Crippen LogP contribution in [0.5, 0.6) is 0 Å². The molecule has 0 aromatic heterocycles. The zero-order valence-electron chi connectivity index (χ0n) is 34.8. The Morgan fingerprint density at radius 3 is 1.50 bits per heavy atom. The average molecular weight is 708 g/mol. The van der Waals surface area contributed by atoms with E-state index < -0.39 is 0 Å². The summed E-state index contributed by atoms with van der Waals surface area (Å²) in [6.45, 7) is 33.2. The number of anilines is 2. The van der Waals surface area contributed by atoms with Gasteiger partial charge in [0, 0.05) is 55.4 Å². The molecule has 5 aliphatic heterocycles. The third-order valence-corrected chi connectivity index (χ3v) is 11.5. The lowest BCUT2D eigenvalue weighted by atomic mass is 9.64. The van der Waals surface area contributed by atoms with E-state index in [9.17, 15) is 0 Å². The minimum absolute atomic E-state index is 0. The summed E-state index contributed by atoms with van der Waals surface area (Å²) in [5, 5.41) is 0. The molecule has 0 atom stereocenters. The Kier molecular flexibility index (Phi) is 16.4. The first-order chi connectivity index (χ1) is 25.2. The van der Waals surface area contributed by atoms with E-state index in [4.69, 9.17) is 6.58 Å². The summed E-state index contributed by atoms with van der Waals surface area (Å²) in [7, 11) is 0. The summed E-state index contributed by atoms with van der Waals surface area (Å²) in [4.78, 5) is 8.27. The van der Waals surface area contributed by atoms with Gasteiger partial charge in [0.25, 0.3) is 0 Å². The van der Waals surface area contributed by atoms with Crippen LogP contribution in [0.1, 0.15) is 178 Å². The molecule has 5 heterocycles. The van der Waals surface area contributed by atoms with Gasteiger partial charge in [-0.1, -0.05) is 133 Å². The van der Waals surface area contributed by atoms with Crippen molar-refractivity contribution in [3.05, 3.63) is 98.6 Å². The molecule has 1 spiro atoms. The second-order valence-electron chi connectivity index (χ2n) is 13.6. The SMILES string of the molecule is C.C=C1c2ccccc2C2(c3cc4c5c(c3Cc3c2cc2c6c3CCCN6CCC2)CCCN5CCC4)N1CCCC.CC.CC.CC.CC.CC. The van der Waals surface area contributed by atoms with Crippen LogP contribution in [-0.4, -0.2) is 37.6 Å². The Morgan fingerprint density at radius 1 is 0.596 bits per heavy atom. The van der Waals surface area contributed by atoms with Crippen LogP contribution in [0.15, 0.2) is 43.0 Å². The van der Waals surface area contributed by atoms with E-state index in [1.54, 1.807) is 55.9 Å². The Balaban J connectivity index is 0.000000615. The molecule has 0 saturated heterocycles. The molecule has 3 heteroatoms. The molecule has 0 saturated carbocycles. The van der Waals surface area contributed by atoms with Crippen LogP contribution in [0, 0.1) is 0 Å². The predicted octanol–water partition coefficient (Wildman–Crippen LogP) is 13.1. The highest BCUT2D eigenvalue weighted by molar-refractivity contribution is 5.83. The molecule has 3 aromatic carbocycles. The Morgan fingerprint density at radius 2 is 1.04 bits per heavy atom. The number of fused-ring (bicyclic) bond motifs is 8. The van der Waals surface area contributed by atoms with Crippen LogP contribution in [0.4, 0.5) is 11.4 Å². The van der Waals surface area contributed by atoms with E-state index in [2.05, 4.69) is 58.0 Å². The maximum atomic E-state index is 4.84. The summed E-state index contributed by atoms with van der Waals surface area (Å²) < 4.78 is 0. The van der Waals surface area contributed by atoms with Crippen molar-refractivity contribution in [2.24, 2.45) is 0 Å². The van der Waals surface area contributed by atoms with Crippen molar-refractivity contribution in [3.63, 3.8) is 0 Å². The number of unbranched alkanes of at least 4 members (excludes halogenated alkanes) is 1. The highest BCUT2D eigenvalue weighted by Crippen LogP contribution is 2.60. The number of rotatable bonds is 3. The molecule has 3 nitrogen and oxygen atoms in total. The molecule has 1 aliphatic carbocycles. The monoisotopic (exact) mass is 708 g/mol. The number of nitrogens with zero attached hydrogens (tertiary/aromatic N) is 3. The third-order valence-electron chi connectivity index (χ3n) is 11.5. The van der Waals surface area contributed by atoms with E-state index in [1.807, 2.05) is 69.2 Å². The molecule has 0 bridgehead atoms. The van der Waals surface area contributed by atoms with Crippen LogP contribution >= 0.6 is 0 Å². The minimum atomic E-state index is -0.276. The Hall–Kier alpha value is -3.20. The van der Waals surface area contributed by atoms with Gasteiger partial charge in [0.15, 0.2) is 0 Å². The standard InChI is InChI=1S/C38H43N3.5C2H6.CH4/c1-3-4-21-41-25(2)28-13-5-6-16-33(28)38(41)34-22-26-11-7-17-39-19-9-14-29(36(26)39)31(34)24-32-30-15-10-20-40-18-8-12-27(37(30)40)23-35(32)38;5*1-2;/h5-6,13,16,22-23H,2-4,7-12,14-15,17-21,24H2,1H3;5*1-2H3;1H4. The molecule has 0 amide bonds. The van der Waals surface area contributed by atoms with Gasteiger partial charge < -0.3 is 14.7 Å². The van der Waals surface area contributed by atoms with E-state index in [0.717, 1.165) is 13.0 Å². The molecule has 0 N–H and O–H groups in total. The largest absolute Gasteiger partial charge is 0.371 e. The number of hydrogen-bond donors (Lipinski definition) is 0. The van der Waals surface area contributed by atoms with Crippen LogP contribution in [0.25, 0.3) is 5.70 Å². The summed E-state index contributed by atoms with van der Waals surface area (Å²) in [5.41, 5.74) is 20.2. The first-order valence-electron chi connectivity index (χ1n) is 21.6. The van der Waals surface area contributed by atoms with E-state index in [0.29, 0.717) is 0 Å². The van der Waals surface area contributed by atoms with Gasteiger partial charge in [-0.05, 0) is 114 Å². The van der Waals surface area contributed by atoms with Crippen LogP contribution in [0.3, 0.4) is 0 Å². The Bertz CT molecular complexity index is 1530. The van der Waals surface area contributed by atoms with E-state index in [-0.39, 0.29) is 13.0 Å². The zero-order chi connectivity index (χ0) is 37.3. The topological polar surface area (TPSA) is 9.72 Å². The zero-order valence-corrected chi connectivity index (χ0v) is 34.8. The highest BCUT2D eigenvalue weighted by atomic mass is 15.2. The van der Waals surface area contributed by atoms with Gasteiger partial charge in [0.05, 0.1) is 0 Å². The Labute approximate surface area is 321 Å². The molecular formula is C49H77N3. The molecule has 0 fully saturated rings. The smallest absolute Gasteiger partial charge is 0.117 e.